The Morgan fingerprint density at radius 2 is 1.95 bits per heavy atom. The van der Waals surface area contributed by atoms with Gasteiger partial charge in [-0.2, -0.15) is 0 Å². The van der Waals surface area contributed by atoms with Crippen molar-refractivity contribution >= 4 is 5.78 Å². The lowest BCUT2D eigenvalue weighted by Crippen LogP contribution is -2.57. The third-order valence-electron chi connectivity index (χ3n) is 5.19. The Labute approximate surface area is 127 Å². The van der Waals surface area contributed by atoms with Gasteiger partial charge in [-0.3, -0.25) is 9.69 Å². The Bertz CT molecular complexity index is 514. The van der Waals surface area contributed by atoms with E-state index in [-0.39, 0.29) is 5.78 Å². The van der Waals surface area contributed by atoms with E-state index >= 15 is 0 Å². The second-order valence-corrected chi connectivity index (χ2v) is 6.88. The first-order valence-corrected chi connectivity index (χ1v) is 8.19. The van der Waals surface area contributed by atoms with Gasteiger partial charge >= 0.3 is 0 Å². The summed E-state index contributed by atoms with van der Waals surface area (Å²) in [6, 6.07) is 8.34. The molecule has 21 heavy (non-hydrogen) atoms. The van der Waals surface area contributed by atoms with Crippen molar-refractivity contribution in [1.29, 1.82) is 0 Å². The van der Waals surface area contributed by atoms with Gasteiger partial charge in [0.05, 0.1) is 5.54 Å². The first-order valence-electron chi connectivity index (χ1n) is 8.19. The second kappa shape index (κ2) is 5.90. The number of nitrogens with one attached hydrogen (secondary N) is 1. The van der Waals surface area contributed by atoms with E-state index < -0.39 is 5.54 Å². The molecule has 0 unspecified atom stereocenters. The SMILES string of the molecule is CC(C)(C(=O)c1cccc(C2CCC2)c1)N1CCNCC1. The van der Waals surface area contributed by atoms with Crippen molar-refractivity contribution in [2.75, 3.05) is 26.2 Å². The first kappa shape index (κ1) is 14.7. The molecule has 1 N–H and O–H groups in total. The number of carbonyl (C=O) groups is 1. The molecule has 3 rings (SSSR count). The van der Waals surface area contributed by atoms with Crippen LogP contribution in [0.2, 0.25) is 0 Å². The molecule has 0 aromatic heterocycles. The van der Waals surface area contributed by atoms with E-state index in [4.69, 9.17) is 0 Å². The second-order valence-electron chi connectivity index (χ2n) is 6.88. The van der Waals surface area contributed by atoms with Crippen LogP contribution in [-0.2, 0) is 0 Å². The average molecular weight is 286 g/mol. The molecule has 114 valence electrons. The topological polar surface area (TPSA) is 32.3 Å². The lowest BCUT2D eigenvalue weighted by molar-refractivity contribution is 0.0602. The largest absolute Gasteiger partial charge is 0.314 e. The highest BCUT2D eigenvalue weighted by atomic mass is 16.1. The predicted octanol–water partition coefficient (Wildman–Crippen LogP) is 2.82. The fourth-order valence-corrected chi connectivity index (χ4v) is 3.40. The van der Waals surface area contributed by atoms with Gasteiger partial charge in [0.1, 0.15) is 0 Å². The number of ketones is 1. The van der Waals surface area contributed by atoms with Gasteiger partial charge in [-0.05, 0) is 44.2 Å². The van der Waals surface area contributed by atoms with E-state index in [2.05, 4.69) is 42.3 Å². The number of nitrogens with zero attached hydrogens (tertiary/aromatic N) is 1. The van der Waals surface area contributed by atoms with E-state index in [0.29, 0.717) is 5.92 Å². The van der Waals surface area contributed by atoms with Crippen molar-refractivity contribution in [2.24, 2.45) is 0 Å². The van der Waals surface area contributed by atoms with Crippen LogP contribution in [0.15, 0.2) is 24.3 Å². The highest BCUT2D eigenvalue weighted by molar-refractivity contribution is 6.02. The molecule has 2 fully saturated rings. The van der Waals surface area contributed by atoms with Crippen molar-refractivity contribution in [2.45, 2.75) is 44.6 Å². The number of hydrogen-bond donors (Lipinski definition) is 1. The number of Topliss-reactive ketones (excluding diaryl/α,β-unsaturated/α-hetero) is 1. The average Bonchev–Trinajstić information content (AvgIpc) is 2.46. The summed E-state index contributed by atoms with van der Waals surface area (Å²) < 4.78 is 0. The zero-order chi connectivity index (χ0) is 14.9. The third-order valence-corrected chi connectivity index (χ3v) is 5.19. The number of piperazine rings is 1. The fourth-order valence-electron chi connectivity index (χ4n) is 3.40. The van der Waals surface area contributed by atoms with Gasteiger partial charge in [0.2, 0.25) is 0 Å². The Morgan fingerprint density at radius 3 is 2.57 bits per heavy atom. The van der Waals surface area contributed by atoms with Crippen LogP contribution >= 0.6 is 0 Å². The minimum atomic E-state index is -0.416. The summed E-state index contributed by atoms with van der Waals surface area (Å²) >= 11 is 0. The molecule has 1 aromatic rings. The summed E-state index contributed by atoms with van der Waals surface area (Å²) in [5.74, 6) is 0.936. The number of rotatable bonds is 4. The molecular formula is C18H26N2O. The normalized spacial score (nSPS) is 21.0. The van der Waals surface area contributed by atoms with Crippen molar-refractivity contribution in [3.8, 4) is 0 Å². The van der Waals surface area contributed by atoms with Crippen LogP contribution in [0.4, 0.5) is 0 Å². The molecule has 1 saturated carbocycles. The van der Waals surface area contributed by atoms with E-state index in [1.54, 1.807) is 0 Å². The highest BCUT2D eigenvalue weighted by Gasteiger charge is 2.35. The maximum absolute atomic E-state index is 13.0. The van der Waals surface area contributed by atoms with Gasteiger partial charge in [-0.15, -0.1) is 0 Å². The summed E-state index contributed by atoms with van der Waals surface area (Å²) in [6.45, 7) is 7.97. The van der Waals surface area contributed by atoms with Crippen LogP contribution in [0.25, 0.3) is 0 Å². The summed E-state index contributed by atoms with van der Waals surface area (Å²) in [4.78, 5) is 15.3. The summed E-state index contributed by atoms with van der Waals surface area (Å²) in [7, 11) is 0. The molecule has 2 aliphatic rings. The molecule has 0 atom stereocenters. The minimum absolute atomic E-state index is 0.255. The summed E-state index contributed by atoms with van der Waals surface area (Å²) in [5, 5.41) is 3.35. The summed E-state index contributed by atoms with van der Waals surface area (Å²) in [6.07, 6.45) is 3.88. The molecule has 1 aromatic carbocycles. The standard InChI is InChI=1S/C18H26N2O/c1-18(2,20-11-9-19-10-12-20)17(21)16-8-4-7-15(13-16)14-5-3-6-14/h4,7-8,13-14,19H,3,5-6,9-12H2,1-2H3. The van der Waals surface area contributed by atoms with E-state index in [9.17, 15) is 4.79 Å². The van der Waals surface area contributed by atoms with Crippen LogP contribution in [-0.4, -0.2) is 42.4 Å². The maximum Gasteiger partial charge on any atom is 0.182 e. The zero-order valence-corrected chi connectivity index (χ0v) is 13.2. The van der Waals surface area contributed by atoms with E-state index in [1.165, 1.54) is 24.8 Å². The van der Waals surface area contributed by atoms with Gasteiger partial charge in [0.25, 0.3) is 0 Å². The monoisotopic (exact) mass is 286 g/mol. The van der Waals surface area contributed by atoms with Crippen molar-refractivity contribution in [1.82, 2.24) is 10.2 Å². The number of benzene rings is 1. The number of hydrogen-bond acceptors (Lipinski definition) is 3. The Balaban J connectivity index is 1.79. The smallest absolute Gasteiger partial charge is 0.182 e. The van der Waals surface area contributed by atoms with Gasteiger partial charge in [0.15, 0.2) is 5.78 Å². The molecule has 3 nitrogen and oxygen atoms in total. The molecule has 0 spiro atoms. The van der Waals surface area contributed by atoms with Crippen LogP contribution in [0.1, 0.15) is 54.9 Å². The van der Waals surface area contributed by atoms with Crippen molar-refractivity contribution in [3.05, 3.63) is 35.4 Å². The molecular weight excluding hydrogens is 260 g/mol. The van der Waals surface area contributed by atoms with E-state index in [1.807, 2.05) is 6.07 Å². The van der Waals surface area contributed by atoms with E-state index in [0.717, 1.165) is 31.7 Å². The van der Waals surface area contributed by atoms with Gasteiger partial charge in [0, 0.05) is 31.7 Å². The molecule has 3 heteroatoms. The third kappa shape index (κ3) is 2.90. The van der Waals surface area contributed by atoms with Gasteiger partial charge in [-0.25, -0.2) is 0 Å². The molecule has 0 bridgehead atoms. The minimum Gasteiger partial charge on any atom is -0.314 e. The molecule has 0 radical (unpaired) electrons. The summed E-state index contributed by atoms with van der Waals surface area (Å²) in [5.41, 5.74) is 1.81. The number of carbonyl (C=O) groups excluding carboxylic acids is 1. The Morgan fingerprint density at radius 1 is 1.24 bits per heavy atom. The first-order chi connectivity index (χ1) is 10.1. The fraction of sp³-hybridized carbons (Fsp3) is 0.611. The van der Waals surface area contributed by atoms with Crippen LogP contribution < -0.4 is 5.32 Å². The lowest BCUT2D eigenvalue weighted by atomic mass is 9.79. The van der Waals surface area contributed by atoms with Gasteiger partial charge in [-0.1, -0.05) is 24.6 Å². The molecule has 0 amide bonds. The maximum atomic E-state index is 13.0. The highest BCUT2D eigenvalue weighted by Crippen LogP contribution is 2.36. The Kier molecular flexibility index (Phi) is 4.14. The van der Waals surface area contributed by atoms with Crippen LogP contribution in [0, 0.1) is 0 Å². The zero-order valence-electron chi connectivity index (χ0n) is 13.2. The lowest BCUT2D eigenvalue weighted by Gasteiger charge is -2.40. The predicted molar refractivity (Wildman–Crippen MR) is 85.9 cm³/mol. The van der Waals surface area contributed by atoms with Crippen molar-refractivity contribution < 1.29 is 4.79 Å². The van der Waals surface area contributed by atoms with Gasteiger partial charge < -0.3 is 5.32 Å². The van der Waals surface area contributed by atoms with Crippen LogP contribution in [0.3, 0.4) is 0 Å². The molecule has 1 aliphatic heterocycles. The molecule has 1 aliphatic carbocycles. The molecule has 1 heterocycles. The molecule has 1 saturated heterocycles. The van der Waals surface area contributed by atoms with Crippen molar-refractivity contribution in [3.63, 3.8) is 0 Å². The van der Waals surface area contributed by atoms with Crippen LogP contribution in [0.5, 0.6) is 0 Å². The quantitative estimate of drug-likeness (QED) is 0.864. The Hall–Kier alpha value is -1.19.